The molecule has 4 aliphatic carbocycles. The van der Waals surface area contributed by atoms with Crippen molar-refractivity contribution in [3.05, 3.63) is 53.2 Å². The fourth-order valence-electron chi connectivity index (χ4n) is 9.02. The van der Waals surface area contributed by atoms with Crippen LogP contribution in [0.2, 0.25) is 0 Å². The molecule has 4 aliphatic rings. The molecule has 5 rings (SSSR count). The molecule has 0 saturated heterocycles. The minimum absolute atomic E-state index is 0.0727. The molecule has 4 saturated carbocycles. The number of fused-ring (bicyclic) bond motifs is 1. The number of carbonyl (C=O) groups is 1. The molecule has 6 nitrogen and oxygen atoms in total. The number of H-pyrrole nitrogens is 1. The van der Waals surface area contributed by atoms with Crippen LogP contribution >= 0.6 is 0 Å². The second-order valence-corrected chi connectivity index (χ2v) is 14.6. The van der Waals surface area contributed by atoms with Crippen LogP contribution in [0.1, 0.15) is 129 Å². The Bertz CT molecular complexity index is 1210. The van der Waals surface area contributed by atoms with Crippen molar-refractivity contribution < 1.29 is 19.7 Å². The first-order chi connectivity index (χ1) is 20.6. The van der Waals surface area contributed by atoms with Crippen molar-refractivity contribution in [2.45, 2.75) is 148 Å². The van der Waals surface area contributed by atoms with Gasteiger partial charge in [0.05, 0.1) is 17.6 Å². The Balaban J connectivity index is 1.28. The molecule has 0 aromatic carbocycles. The molecule has 7 atom stereocenters. The van der Waals surface area contributed by atoms with Gasteiger partial charge in [0.2, 0.25) is 0 Å². The molecule has 43 heavy (non-hydrogen) atoms. The number of nitrogens with one attached hydrogen (secondary N) is 1. The third kappa shape index (κ3) is 6.76. The number of carbonyl (C=O) groups excluding carboxylic acids is 1. The quantitative estimate of drug-likeness (QED) is 0.217. The zero-order valence-electron chi connectivity index (χ0n) is 27.2. The van der Waals surface area contributed by atoms with E-state index in [0.717, 1.165) is 68.3 Å². The van der Waals surface area contributed by atoms with Gasteiger partial charge in [-0.05, 0) is 111 Å². The van der Waals surface area contributed by atoms with Crippen LogP contribution in [0.3, 0.4) is 0 Å². The lowest BCUT2D eigenvalue weighted by molar-refractivity contribution is -0.151. The summed E-state index contributed by atoms with van der Waals surface area (Å²) >= 11 is 0. The number of nitrogens with zero attached hydrogens (tertiary/aromatic N) is 1. The summed E-state index contributed by atoms with van der Waals surface area (Å²) in [4.78, 5) is 21.2. The molecule has 1 aromatic rings. The van der Waals surface area contributed by atoms with E-state index in [-0.39, 0.29) is 22.9 Å². The summed E-state index contributed by atoms with van der Waals surface area (Å²) in [6.45, 7) is 13.3. The number of imidazole rings is 1. The number of aliphatic hydroxyl groups is 2. The summed E-state index contributed by atoms with van der Waals surface area (Å²) in [5.41, 5.74) is 4.57. The molecule has 0 aliphatic heterocycles. The van der Waals surface area contributed by atoms with Gasteiger partial charge in [-0.3, -0.25) is 4.79 Å². The number of hydrogen-bond acceptors (Lipinski definition) is 5. The molecule has 6 heteroatoms. The Morgan fingerprint density at radius 3 is 2.70 bits per heavy atom. The van der Waals surface area contributed by atoms with Crippen LogP contribution in [0, 0.1) is 23.2 Å². The first-order valence-electron chi connectivity index (χ1n) is 17.3. The van der Waals surface area contributed by atoms with E-state index in [1.54, 1.807) is 0 Å². The first-order valence-corrected chi connectivity index (χ1v) is 17.3. The third-order valence-corrected chi connectivity index (χ3v) is 11.6. The van der Waals surface area contributed by atoms with E-state index in [0.29, 0.717) is 37.0 Å². The average Bonchev–Trinajstić information content (AvgIpc) is 3.49. The van der Waals surface area contributed by atoms with Crippen molar-refractivity contribution in [3.63, 3.8) is 0 Å². The zero-order valence-corrected chi connectivity index (χ0v) is 27.2. The van der Waals surface area contributed by atoms with E-state index in [1.807, 2.05) is 13.1 Å². The predicted octanol–water partition coefficient (Wildman–Crippen LogP) is 7.66. The van der Waals surface area contributed by atoms with Crippen LogP contribution in [-0.2, 0) is 21.4 Å². The highest BCUT2D eigenvalue weighted by Crippen LogP contribution is 2.60. The normalized spacial score (nSPS) is 33.4. The van der Waals surface area contributed by atoms with E-state index >= 15 is 0 Å². The summed E-state index contributed by atoms with van der Waals surface area (Å²) < 4.78 is 6.26. The van der Waals surface area contributed by atoms with Crippen molar-refractivity contribution in [2.24, 2.45) is 23.2 Å². The molecule has 4 fully saturated rings. The molecule has 3 N–H and O–H groups in total. The number of ether oxygens (including phenoxy) is 1. The van der Waals surface area contributed by atoms with E-state index in [9.17, 15) is 15.0 Å². The van der Waals surface area contributed by atoms with Crippen molar-refractivity contribution >= 4 is 5.97 Å². The van der Waals surface area contributed by atoms with Crippen molar-refractivity contribution in [2.75, 3.05) is 0 Å². The fraction of sp³-hybridized carbons (Fsp3) is 0.730. The largest absolute Gasteiger partial charge is 0.461 e. The van der Waals surface area contributed by atoms with Gasteiger partial charge >= 0.3 is 5.97 Å². The number of hydrogen-bond donors (Lipinski definition) is 3. The second-order valence-electron chi connectivity index (χ2n) is 14.6. The highest BCUT2D eigenvalue weighted by atomic mass is 16.5. The van der Waals surface area contributed by atoms with E-state index in [2.05, 4.69) is 44.5 Å². The van der Waals surface area contributed by atoms with Gasteiger partial charge in [-0.15, -0.1) is 0 Å². The Labute approximate surface area is 259 Å². The lowest BCUT2D eigenvalue weighted by Crippen LogP contribution is -2.37. The number of rotatable bonds is 12. The molecule has 0 amide bonds. The highest BCUT2D eigenvalue weighted by molar-refractivity contribution is 5.69. The Kier molecular flexibility index (Phi) is 10.1. The molecule has 238 valence electrons. The molecule has 0 bridgehead atoms. The highest BCUT2D eigenvalue weighted by Gasteiger charge is 2.56. The van der Waals surface area contributed by atoms with Gasteiger partial charge in [-0.25, -0.2) is 4.98 Å². The number of esters is 1. The van der Waals surface area contributed by atoms with E-state index in [1.165, 1.54) is 37.0 Å². The standard InChI is InChI=1S/C37H56N2O4/c1-6-9-28-23-38-35(39-28)37(19-20-37)33(43-34(42)10-7-2)17-12-24(3)30-15-16-31-26(11-8-18-36(30,31)5)13-14-27-21-29(40)22-32(41)25(27)4/h13-14,23-24,29-33,40-41H,4,6-12,15-22H2,1-3,5H3,(H,38,39)/t24-,29-,30-,31+,32+,33+,36-/m1/s1. The Hall–Kier alpha value is -2.18. The van der Waals surface area contributed by atoms with Crippen molar-refractivity contribution in [3.8, 4) is 0 Å². The SMILES string of the molecule is C=C1C(=CC=C2CCC[C@]3(C)[C@@H]([C@H](C)CC[C@H](OC(=O)CCC)C4(c5ncc(CCC)[nH]5)CC4)CC[C@@H]23)C[C@@H](O)C[C@@H]1O. The minimum atomic E-state index is -0.646. The summed E-state index contributed by atoms with van der Waals surface area (Å²) in [6, 6.07) is 0. The third-order valence-electron chi connectivity index (χ3n) is 11.6. The molecule has 1 aromatic heterocycles. The van der Waals surface area contributed by atoms with E-state index < -0.39 is 12.2 Å². The van der Waals surface area contributed by atoms with Gasteiger partial charge in [0.15, 0.2) is 0 Å². The number of aromatic nitrogens is 2. The molecule has 1 heterocycles. The van der Waals surface area contributed by atoms with Gasteiger partial charge < -0.3 is 19.9 Å². The summed E-state index contributed by atoms with van der Waals surface area (Å²) in [6.07, 6.45) is 19.5. The smallest absolute Gasteiger partial charge is 0.306 e. The van der Waals surface area contributed by atoms with Crippen LogP contribution in [0.25, 0.3) is 0 Å². The molecule has 0 unspecified atom stereocenters. The minimum Gasteiger partial charge on any atom is -0.461 e. The molecule has 0 radical (unpaired) electrons. The summed E-state index contributed by atoms with van der Waals surface area (Å²) in [5, 5.41) is 20.5. The number of allylic oxidation sites excluding steroid dienone is 3. The monoisotopic (exact) mass is 592 g/mol. The first kappa shape index (κ1) is 32.2. The second kappa shape index (κ2) is 13.4. The fourth-order valence-corrected chi connectivity index (χ4v) is 9.02. The zero-order chi connectivity index (χ0) is 30.8. The maximum atomic E-state index is 12.8. The van der Waals surface area contributed by atoms with Gasteiger partial charge in [0.25, 0.3) is 0 Å². The number of aryl methyl sites for hydroxylation is 1. The van der Waals surface area contributed by atoms with Gasteiger partial charge in [-0.1, -0.05) is 58.4 Å². The number of aliphatic hydroxyl groups excluding tert-OH is 2. The maximum Gasteiger partial charge on any atom is 0.306 e. The van der Waals surface area contributed by atoms with Crippen LogP contribution in [0.5, 0.6) is 0 Å². The summed E-state index contributed by atoms with van der Waals surface area (Å²) in [7, 11) is 0. The predicted molar refractivity (Wildman–Crippen MR) is 171 cm³/mol. The van der Waals surface area contributed by atoms with Crippen LogP contribution in [0.15, 0.2) is 41.6 Å². The van der Waals surface area contributed by atoms with Crippen LogP contribution in [-0.4, -0.2) is 44.5 Å². The average molecular weight is 593 g/mol. The van der Waals surface area contributed by atoms with Crippen molar-refractivity contribution in [1.82, 2.24) is 9.97 Å². The lowest BCUT2D eigenvalue weighted by atomic mass is 9.60. The topological polar surface area (TPSA) is 95.4 Å². The maximum absolute atomic E-state index is 12.8. The summed E-state index contributed by atoms with van der Waals surface area (Å²) in [5.74, 6) is 2.71. The van der Waals surface area contributed by atoms with Gasteiger partial charge in [-0.2, -0.15) is 0 Å². The molecular weight excluding hydrogens is 536 g/mol. The van der Waals surface area contributed by atoms with Gasteiger partial charge in [0.1, 0.15) is 11.9 Å². The van der Waals surface area contributed by atoms with Crippen LogP contribution in [0.4, 0.5) is 0 Å². The lowest BCUT2D eigenvalue weighted by Gasteiger charge is -2.44. The Morgan fingerprint density at radius 1 is 1.19 bits per heavy atom. The molecular formula is C37H56N2O4. The van der Waals surface area contributed by atoms with Gasteiger partial charge in [0, 0.05) is 24.7 Å². The Morgan fingerprint density at radius 2 is 1.98 bits per heavy atom. The number of aromatic amines is 1. The van der Waals surface area contributed by atoms with Crippen molar-refractivity contribution in [1.29, 1.82) is 0 Å². The molecule has 0 spiro atoms. The van der Waals surface area contributed by atoms with Crippen LogP contribution < -0.4 is 0 Å². The van der Waals surface area contributed by atoms with E-state index in [4.69, 9.17) is 9.72 Å².